The van der Waals surface area contributed by atoms with Crippen LogP contribution in [0.4, 0.5) is 0 Å². The van der Waals surface area contributed by atoms with E-state index in [1.807, 2.05) is 0 Å². The Morgan fingerprint density at radius 1 is 0.512 bits per heavy atom. The minimum atomic E-state index is 0.367. The summed E-state index contributed by atoms with van der Waals surface area (Å²) in [5, 5.41) is 5.17. The number of methoxy groups -OCH3 is 2. The molecule has 4 unspecified atom stereocenters. The maximum atomic E-state index is 6.49. The predicted octanol–water partition coefficient (Wildman–Crippen LogP) is 9.62. The summed E-state index contributed by atoms with van der Waals surface area (Å²) < 4.78 is 24.4. The van der Waals surface area contributed by atoms with Gasteiger partial charge in [0.1, 0.15) is 11.5 Å². The molecule has 228 valence electrons. The van der Waals surface area contributed by atoms with Crippen molar-refractivity contribution in [3.05, 3.63) is 83.9 Å². The molecule has 4 nitrogen and oxygen atoms in total. The SMILES string of the molecule is COc1ccc2ccccc2c1CCC1CCC(CCCCCC2CCC(CCc3c(OC)ccc4ccccc34)O2)O1. The number of hydrogen-bond donors (Lipinski definition) is 0. The minimum Gasteiger partial charge on any atom is -0.496 e. The summed E-state index contributed by atoms with van der Waals surface area (Å²) in [6.45, 7) is 0. The summed E-state index contributed by atoms with van der Waals surface area (Å²) in [5.74, 6) is 1.99. The lowest BCUT2D eigenvalue weighted by Gasteiger charge is -2.17. The summed E-state index contributed by atoms with van der Waals surface area (Å²) in [5.41, 5.74) is 2.63. The quantitative estimate of drug-likeness (QED) is 0.139. The highest BCUT2D eigenvalue weighted by atomic mass is 16.5. The molecule has 0 amide bonds. The predicted molar refractivity (Wildman–Crippen MR) is 177 cm³/mol. The number of benzene rings is 4. The largest absolute Gasteiger partial charge is 0.496 e. The van der Waals surface area contributed by atoms with Gasteiger partial charge in [-0.2, -0.15) is 0 Å². The van der Waals surface area contributed by atoms with Crippen molar-refractivity contribution in [2.45, 2.75) is 108 Å². The van der Waals surface area contributed by atoms with E-state index < -0.39 is 0 Å². The molecular weight excluding hydrogens is 532 g/mol. The topological polar surface area (TPSA) is 36.9 Å². The van der Waals surface area contributed by atoms with Gasteiger partial charge in [0, 0.05) is 11.1 Å². The zero-order chi connectivity index (χ0) is 29.4. The average Bonchev–Trinajstić information content (AvgIpc) is 3.71. The van der Waals surface area contributed by atoms with E-state index in [4.69, 9.17) is 18.9 Å². The normalized spacial score (nSPS) is 22.0. The second kappa shape index (κ2) is 14.6. The zero-order valence-corrected chi connectivity index (χ0v) is 26.1. The molecule has 0 N–H and O–H groups in total. The molecule has 0 aromatic heterocycles. The Hall–Kier alpha value is -3.08. The number of hydrogen-bond acceptors (Lipinski definition) is 4. The molecule has 4 aromatic rings. The van der Waals surface area contributed by atoms with Crippen LogP contribution in [0.2, 0.25) is 0 Å². The van der Waals surface area contributed by atoms with Gasteiger partial charge >= 0.3 is 0 Å². The van der Waals surface area contributed by atoms with E-state index in [1.165, 1.54) is 90.5 Å². The first-order valence-electron chi connectivity index (χ1n) is 16.6. The minimum absolute atomic E-state index is 0.367. The molecule has 0 radical (unpaired) electrons. The number of fused-ring (bicyclic) bond motifs is 2. The van der Waals surface area contributed by atoms with E-state index in [1.54, 1.807) is 14.2 Å². The van der Waals surface area contributed by atoms with Crippen molar-refractivity contribution >= 4 is 21.5 Å². The third-order valence-corrected chi connectivity index (χ3v) is 9.81. The average molecular weight is 581 g/mol. The van der Waals surface area contributed by atoms with Crippen LogP contribution in [0.5, 0.6) is 11.5 Å². The smallest absolute Gasteiger partial charge is 0.122 e. The Balaban J connectivity index is 0.875. The molecule has 2 aliphatic heterocycles. The fourth-order valence-electron chi connectivity index (χ4n) is 7.47. The molecule has 2 saturated heterocycles. The van der Waals surface area contributed by atoms with Crippen molar-refractivity contribution in [3.63, 3.8) is 0 Å². The molecule has 0 saturated carbocycles. The van der Waals surface area contributed by atoms with Crippen LogP contribution in [0.25, 0.3) is 21.5 Å². The van der Waals surface area contributed by atoms with E-state index >= 15 is 0 Å². The van der Waals surface area contributed by atoms with E-state index in [0.29, 0.717) is 24.4 Å². The highest BCUT2D eigenvalue weighted by Gasteiger charge is 2.27. The number of rotatable bonds is 14. The van der Waals surface area contributed by atoms with Crippen LogP contribution in [0, 0.1) is 0 Å². The molecule has 2 heterocycles. The summed E-state index contributed by atoms with van der Waals surface area (Å²) >= 11 is 0. The first kappa shape index (κ1) is 30.0. The molecular formula is C39H48O4. The summed E-state index contributed by atoms with van der Waals surface area (Å²) in [6.07, 6.45) is 16.6. The molecule has 4 aromatic carbocycles. The Morgan fingerprint density at radius 2 is 0.930 bits per heavy atom. The molecule has 4 atom stereocenters. The highest BCUT2D eigenvalue weighted by molar-refractivity contribution is 5.88. The lowest BCUT2D eigenvalue weighted by molar-refractivity contribution is 0.0313. The third-order valence-electron chi connectivity index (χ3n) is 9.81. The van der Waals surface area contributed by atoms with Crippen LogP contribution < -0.4 is 9.47 Å². The Kier molecular flexibility index (Phi) is 10.2. The zero-order valence-electron chi connectivity index (χ0n) is 26.1. The summed E-state index contributed by atoms with van der Waals surface area (Å²) in [4.78, 5) is 0. The molecule has 4 heteroatoms. The van der Waals surface area contributed by atoms with Crippen LogP contribution in [0.15, 0.2) is 72.8 Å². The van der Waals surface area contributed by atoms with Crippen molar-refractivity contribution in [1.29, 1.82) is 0 Å². The van der Waals surface area contributed by atoms with Gasteiger partial charge in [0.05, 0.1) is 38.6 Å². The monoisotopic (exact) mass is 580 g/mol. The Bertz CT molecular complexity index is 1370. The van der Waals surface area contributed by atoms with Crippen molar-refractivity contribution in [3.8, 4) is 11.5 Å². The van der Waals surface area contributed by atoms with Gasteiger partial charge in [-0.15, -0.1) is 0 Å². The van der Waals surface area contributed by atoms with Gasteiger partial charge in [-0.1, -0.05) is 79.9 Å². The first-order valence-corrected chi connectivity index (χ1v) is 16.6. The van der Waals surface area contributed by atoms with E-state index in [2.05, 4.69) is 72.8 Å². The van der Waals surface area contributed by atoms with E-state index in [0.717, 1.165) is 37.2 Å². The van der Waals surface area contributed by atoms with Gasteiger partial charge in [0.2, 0.25) is 0 Å². The lowest BCUT2D eigenvalue weighted by Crippen LogP contribution is -2.13. The summed E-state index contributed by atoms with van der Waals surface area (Å²) in [6, 6.07) is 25.8. The van der Waals surface area contributed by atoms with Gasteiger partial charge in [0.25, 0.3) is 0 Å². The van der Waals surface area contributed by atoms with E-state index in [-0.39, 0.29) is 0 Å². The van der Waals surface area contributed by atoms with Crippen molar-refractivity contribution in [2.24, 2.45) is 0 Å². The van der Waals surface area contributed by atoms with Crippen LogP contribution in [-0.4, -0.2) is 38.6 Å². The van der Waals surface area contributed by atoms with Gasteiger partial charge < -0.3 is 18.9 Å². The molecule has 0 bridgehead atoms. The fraction of sp³-hybridized carbons (Fsp3) is 0.487. The van der Waals surface area contributed by atoms with E-state index in [9.17, 15) is 0 Å². The van der Waals surface area contributed by atoms with Crippen LogP contribution >= 0.6 is 0 Å². The lowest BCUT2D eigenvalue weighted by atomic mass is 9.97. The molecule has 0 spiro atoms. The molecule has 2 fully saturated rings. The van der Waals surface area contributed by atoms with Gasteiger partial charge in [-0.05, 0) is 97.9 Å². The molecule has 2 aliphatic rings. The van der Waals surface area contributed by atoms with Crippen LogP contribution in [0.3, 0.4) is 0 Å². The molecule has 6 rings (SSSR count). The van der Waals surface area contributed by atoms with Gasteiger partial charge in [-0.3, -0.25) is 0 Å². The molecule has 0 aliphatic carbocycles. The first-order chi connectivity index (χ1) is 21.2. The number of unbranched alkanes of at least 4 members (excludes halogenated alkanes) is 2. The van der Waals surface area contributed by atoms with Crippen molar-refractivity contribution in [2.75, 3.05) is 14.2 Å². The Morgan fingerprint density at radius 3 is 1.37 bits per heavy atom. The second-order valence-electron chi connectivity index (χ2n) is 12.6. The van der Waals surface area contributed by atoms with Crippen molar-refractivity contribution in [1.82, 2.24) is 0 Å². The third kappa shape index (κ3) is 7.36. The van der Waals surface area contributed by atoms with Crippen LogP contribution in [0.1, 0.15) is 81.8 Å². The van der Waals surface area contributed by atoms with Crippen LogP contribution in [-0.2, 0) is 22.3 Å². The maximum Gasteiger partial charge on any atom is 0.122 e. The summed E-state index contributed by atoms with van der Waals surface area (Å²) in [7, 11) is 3.55. The highest BCUT2D eigenvalue weighted by Crippen LogP contribution is 2.34. The standard InChI is InChI=1S/C39H48O4/c1-40-38-26-16-28-10-6-8-14-34(28)36(38)24-22-32-20-18-30(42-32)12-4-3-5-13-31-19-21-33(43-31)23-25-37-35-15-9-7-11-29(35)17-27-39(37)41-2/h6-11,14-17,26-27,30-33H,3-5,12-13,18-25H2,1-2H3. The maximum absolute atomic E-state index is 6.49. The van der Waals surface area contributed by atoms with Gasteiger partial charge in [0.15, 0.2) is 0 Å². The number of ether oxygens (including phenoxy) is 4. The Labute approximate surface area is 257 Å². The molecule has 43 heavy (non-hydrogen) atoms. The fourth-order valence-corrected chi connectivity index (χ4v) is 7.47. The second-order valence-corrected chi connectivity index (χ2v) is 12.6. The van der Waals surface area contributed by atoms with Crippen molar-refractivity contribution < 1.29 is 18.9 Å². The number of aryl methyl sites for hydroxylation is 2. The van der Waals surface area contributed by atoms with Gasteiger partial charge in [-0.25, -0.2) is 0 Å².